The van der Waals surface area contributed by atoms with Crippen molar-refractivity contribution in [2.75, 3.05) is 37.8 Å². The van der Waals surface area contributed by atoms with Gasteiger partial charge in [-0.3, -0.25) is 0 Å². The van der Waals surface area contributed by atoms with Gasteiger partial charge in [0.1, 0.15) is 11.6 Å². The molecule has 0 saturated carbocycles. The average Bonchev–Trinajstić information content (AvgIpc) is 2.37. The summed E-state index contributed by atoms with van der Waals surface area (Å²) in [4.78, 5) is 10.8. The number of hydrogen-bond acceptors (Lipinski definition) is 5. The second-order valence-electron chi connectivity index (χ2n) is 5.18. The van der Waals surface area contributed by atoms with Gasteiger partial charge < -0.3 is 15.5 Å². The molecule has 1 aromatic rings. The lowest BCUT2D eigenvalue weighted by Crippen LogP contribution is -2.45. The monoisotopic (exact) mass is 289 g/mol. The lowest BCUT2D eigenvalue weighted by Gasteiger charge is -2.36. The molecule has 1 fully saturated rings. The standard InChI is InChI=1S/C12H18F3N5/c1-19(2)8-4-3-5-20(7-8)10-6-9(16)17-11(18-10)12(13,14)15/h6,8H,3-5,7H2,1-2H3,(H2,16,17,18). The maximum atomic E-state index is 12.7. The molecule has 0 spiro atoms. The highest BCUT2D eigenvalue weighted by molar-refractivity contribution is 5.47. The van der Waals surface area contributed by atoms with E-state index in [1.165, 1.54) is 6.07 Å². The Bertz CT molecular complexity index is 475. The molecule has 112 valence electrons. The maximum Gasteiger partial charge on any atom is 0.451 e. The van der Waals surface area contributed by atoms with E-state index in [4.69, 9.17) is 5.73 Å². The third-order valence-electron chi connectivity index (χ3n) is 3.44. The number of piperidine rings is 1. The van der Waals surface area contributed by atoms with Gasteiger partial charge in [-0.05, 0) is 26.9 Å². The highest BCUT2D eigenvalue weighted by Crippen LogP contribution is 2.29. The van der Waals surface area contributed by atoms with Crippen LogP contribution in [-0.4, -0.2) is 48.1 Å². The van der Waals surface area contributed by atoms with Gasteiger partial charge in [0.25, 0.3) is 0 Å². The Morgan fingerprint density at radius 1 is 1.35 bits per heavy atom. The predicted molar refractivity (Wildman–Crippen MR) is 70.4 cm³/mol. The van der Waals surface area contributed by atoms with E-state index in [1.807, 2.05) is 19.0 Å². The molecule has 0 aliphatic carbocycles. The Hall–Kier alpha value is -1.57. The highest BCUT2D eigenvalue weighted by atomic mass is 19.4. The highest BCUT2D eigenvalue weighted by Gasteiger charge is 2.36. The van der Waals surface area contributed by atoms with Crippen molar-refractivity contribution < 1.29 is 13.2 Å². The number of nitrogens with zero attached hydrogens (tertiary/aromatic N) is 4. The second-order valence-corrected chi connectivity index (χ2v) is 5.18. The molecule has 8 heteroatoms. The summed E-state index contributed by atoms with van der Waals surface area (Å²) in [6.07, 6.45) is -2.65. The normalized spacial score (nSPS) is 20.5. The minimum atomic E-state index is -4.58. The molecular formula is C12H18F3N5. The van der Waals surface area contributed by atoms with Crippen molar-refractivity contribution in [3.63, 3.8) is 0 Å². The van der Waals surface area contributed by atoms with Crippen molar-refractivity contribution in [2.45, 2.75) is 25.1 Å². The van der Waals surface area contributed by atoms with Crippen LogP contribution in [0.1, 0.15) is 18.7 Å². The zero-order chi connectivity index (χ0) is 14.9. The molecule has 1 unspecified atom stereocenters. The summed E-state index contributed by atoms with van der Waals surface area (Å²) in [5.41, 5.74) is 5.47. The predicted octanol–water partition coefficient (Wildman–Crippen LogP) is 1.61. The third-order valence-corrected chi connectivity index (χ3v) is 3.44. The fourth-order valence-corrected chi connectivity index (χ4v) is 2.33. The molecule has 2 rings (SSSR count). The van der Waals surface area contributed by atoms with Gasteiger partial charge in [0.2, 0.25) is 5.82 Å². The molecule has 20 heavy (non-hydrogen) atoms. The molecular weight excluding hydrogens is 271 g/mol. The lowest BCUT2D eigenvalue weighted by atomic mass is 10.1. The molecule has 1 atom stereocenters. The van der Waals surface area contributed by atoms with Gasteiger partial charge >= 0.3 is 6.18 Å². The van der Waals surface area contributed by atoms with Gasteiger partial charge in [-0.1, -0.05) is 0 Å². The number of halogens is 3. The molecule has 0 bridgehead atoms. The van der Waals surface area contributed by atoms with Gasteiger partial charge in [0.05, 0.1) is 0 Å². The molecule has 1 aromatic heterocycles. The van der Waals surface area contributed by atoms with Crippen LogP contribution in [0.5, 0.6) is 0 Å². The number of nitrogen functional groups attached to an aromatic ring is 1. The van der Waals surface area contributed by atoms with Crippen molar-refractivity contribution in [2.24, 2.45) is 0 Å². The van der Waals surface area contributed by atoms with Gasteiger partial charge in [0, 0.05) is 25.2 Å². The lowest BCUT2D eigenvalue weighted by molar-refractivity contribution is -0.144. The fraction of sp³-hybridized carbons (Fsp3) is 0.667. The van der Waals surface area contributed by atoms with Gasteiger partial charge in [0.15, 0.2) is 0 Å². The molecule has 2 heterocycles. The number of likely N-dealkylation sites (N-methyl/N-ethyl adjacent to an activating group) is 1. The number of hydrogen-bond donors (Lipinski definition) is 1. The smallest absolute Gasteiger partial charge is 0.384 e. The molecule has 1 aliphatic rings. The third kappa shape index (κ3) is 3.30. The molecule has 0 radical (unpaired) electrons. The fourth-order valence-electron chi connectivity index (χ4n) is 2.33. The van der Waals surface area contributed by atoms with E-state index >= 15 is 0 Å². The SMILES string of the molecule is CN(C)C1CCCN(c2cc(N)nc(C(F)(F)F)n2)C1. The van der Waals surface area contributed by atoms with Gasteiger partial charge in [-0.25, -0.2) is 9.97 Å². The molecule has 5 nitrogen and oxygen atoms in total. The van der Waals surface area contributed by atoms with E-state index in [2.05, 4.69) is 14.9 Å². The van der Waals surface area contributed by atoms with Crippen molar-refractivity contribution in [3.8, 4) is 0 Å². The van der Waals surface area contributed by atoms with E-state index in [0.29, 0.717) is 19.1 Å². The zero-order valence-electron chi connectivity index (χ0n) is 11.5. The quantitative estimate of drug-likeness (QED) is 0.896. The summed E-state index contributed by atoms with van der Waals surface area (Å²) in [7, 11) is 3.92. The van der Waals surface area contributed by atoms with Crippen LogP contribution in [0, 0.1) is 0 Å². The molecule has 1 aliphatic heterocycles. The number of alkyl halides is 3. The largest absolute Gasteiger partial charge is 0.451 e. The summed E-state index contributed by atoms with van der Waals surface area (Å²) in [6, 6.07) is 1.70. The second kappa shape index (κ2) is 5.43. The Morgan fingerprint density at radius 2 is 2.05 bits per heavy atom. The molecule has 0 aromatic carbocycles. The summed E-state index contributed by atoms with van der Waals surface area (Å²) < 4.78 is 38.1. The number of aromatic nitrogens is 2. The van der Waals surface area contributed by atoms with Gasteiger partial charge in [-0.15, -0.1) is 0 Å². The Kier molecular flexibility index (Phi) is 4.03. The van der Waals surface area contributed by atoms with Crippen LogP contribution >= 0.6 is 0 Å². The number of nitrogens with two attached hydrogens (primary N) is 1. The van der Waals surface area contributed by atoms with Crippen LogP contribution < -0.4 is 10.6 Å². The Labute approximate surface area is 115 Å². The van der Waals surface area contributed by atoms with Crippen molar-refractivity contribution in [1.82, 2.24) is 14.9 Å². The van der Waals surface area contributed by atoms with E-state index in [0.717, 1.165) is 12.8 Å². The van der Waals surface area contributed by atoms with Crippen LogP contribution in [0.4, 0.5) is 24.8 Å². The van der Waals surface area contributed by atoms with Crippen LogP contribution in [0.15, 0.2) is 6.07 Å². The summed E-state index contributed by atoms with van der Waals surface area (Å²) in [6.45, 7) is 1.32. The first-order chi connectivity index (χ1) is 9.27. The number of anilines is 2. The zero-order valence-corrected chi connectivity index (χ0v) is 11.5. The molecule has 1 saturated heterocycles. The van der Waals surface area contributed by atoms with Crippen molar-refractivity contribution >= 4 is 11.6 Å². The van der Waals surface area contributed by atoms with Gasteiger partial charge in [-0.2, -0.15) is 13.2 Å². The summed E-state index contributed by atoms with van der Waals surface area (Å²) in [5.74, 6) is -1.09. The van der Waals surface area contributed by atoms with Crippen LogP contribution in [0.3, 0.4) is 0 Å². The van der Waals surface area contributed by atoms with Crippen LogP contribution in [0.25, 0.3) is 0 Å². The van der Waals surface area contributed by atoms with Crippen molar-refractivity contribution in [3.05, 3.63) is 11.9 Å². The first-order valence-corrected chi connectivity index (χ1v) is 6.40. The number of rotatable bonds is 2. The topological polar surface area (TPSA) is 58.3 Å². The Morgan fingerprint density at radius 3 is 2.65 bits per heavy atom. The first kappa shape index (κ1) is 14.8. The minimum absolute atomic E-state index is 0.158. The van der Waals surface area contributed by atoms with E-state index in [9.17, 15) is 13.2 Å². The molecule has 0 amide bonds. The summed E-state index contributed by atoms with van der Waals surface area (Å²) >= 11 is 0. The summed E-state index contributed by atoms with van der Waals surface area (Å²) in [5, 5.41) is 0. The van der Waals surface area contributed by atoms with E-state index < -0.39 is 12.0 Å². The minimum Gasteiger partial charge on any atom is -0.384 e. The Balaban J connectivity index is 2.26. The van der Waals surface area contributed by atoms with Crippen LogP contribution in [0.2, 0.25) is 0 Å². The first-order valence-electron chi connectivity index (χ1n) is 6.40. The van der Waals surface area contributed by atoms with Crippen LogP contribution in [-0.2, 0) is 6.18 Å². The van der Waals surface area contributed by atoms with E-state index in [1.54, 1.807) is 0 Å². The molecule has 2 N–H and O–H groups in total. The van der Waals surface area contributed by atoms with E-state index in [-0.39, 0.29) is 11.6 Å². The maximum absolute atomic E-state index is 12.7. The van der Waals surface area contributed by atoms with Crippen molar-refractivity contribution in [1.29, 1.82) is 0 Å². The average molecular weight is 289 g/mol.